The number of benzene rings is 1. The average Bonchev–Trinajstić information content (AvgIpc) is 2.23. The molecule has 1 aliphatic carbocycles. The molecule has 1 aromatic carbocycles. The van der Waals surface area contributed by atoms with Crippen molar-refractivity contribution in [3.8, 4) is 5.75 Å². The van der Waals surface area contributed by atoms with E-state index in [4.69, 9.17) is 0 Å². The Kier molecular flexibility index (Phi) is 3.04. The van der Waals surface area contributed by atoms with E-state index in [2.05, 4.69) is 17.6 Å². The minimum Gasteiger partial charge on any atom is -0.508 e. The van der Waals surface area contributed by atoms with Crippen LogP contribution in [0.3, 0.4) is 0 Å². The van der Waals surface area contributed by atoms with E-state index in [1.807, 2.05) is 18.2 Å². The molecule has 3 heteroatoms. The molecule has 1 unspecified atom stereocenters. The van der Waals surface area contributed by atoms with Crippen molar-refractivity contribution in [2.24, 2.45) is 5.41 Å². The quantitative estimate of drug-likeness (QED) is 0.757. The molecule has 1 heterocycles. The van der Waals surface area contributed by atoms with Crippen LogP contribution in [0.4, 0.5) is 0 Å². The highest BCUT2D eigenvalue weighted by Gasteiger charge is 2.48. The van der Waals surface area contributed by atoms with Crippen molar-refractivity contribution in [2.45, 2.75) is 38.3 Å². The monoisotopic (exact) mass is 246 g/mol. The zero-order valence-electron chi connectivity index (χ0n) is 10.9. The summed E-state index contributed by atoms with van der Waals surface area (Å²) < 4.78 is 0. The first-order chi connectivity index (χ1) is 8.67. The van der Waals surface area contributed by atoms with Crippen molar-refractivity contribution in [3.05, 3.63) is 29.8 Å². The maximum atomic E-state index is 9.76. The van der Waals surface area contributed by atoms with E-state index >= 15 is 0 Å². The van der Waals surface area contributed by atoms with Gasteiger partial charge in [-0.3, -0.25) is 0 Å². The lowest BCUT2D eigenvalue weighted by Gasteiger charge is -2.55. The number of hydrogen-bond acceptors (Lipinski definition) is 3. The number of phenols is 1. The number of phenolic OH excluding ortho intramolecular Hbond substituents is 1. The van der Waals surface area contributed by atoms with Gasteiger partial charge in [-0.1, -0.05) is 18.2 Å². The molecule has 1 saturated carbocycles. The Balaban J connectivity index is 1.48. The Morgan fingerprint density at radius 1 is 1.39 bits per heavy atom. The molecule has 0 bridgehead atoms. The van der Waals surface area contributed by atoms with E-state index in [0.717, 1.165) is 12.0 Å². The SMILES string of the molecule is CC(Cc1ccccc1O)NC1CC2(CNC2)C1. The van der Waals surface area contributed by atoms with Crippen LogP contribution < -0.4 is 10.6 Å². The lowest BCUT2D eigenvalue weighted by molar-refractivity contribution is 0.0197. The summed E-state index contributed by atoms with van der Waals surface area (Å²) >= 11 is 0. The highest BCUT2D eigenvalue weighted by atomic mass is 16.3. The second-order valence-corrected chi connectivity index (χ2v) is 6.11. The number of para-hydroxylation sites is 1. The molecule has 0 amide bonds. The van der Waals surface area contributed by atoms with Crippen LogP contribution in [0.2, 0.25) is 0 Å². The largest absolute Gasteiger partial charge is 0.508 e. The molecule has 2 aliphatic rings. The molecule has 98 valence electrons. The fraction of sp³-hybridized carbons (Fsp3) is 0.600. The molecule has 1 spiro atoms. The van der Waals surface area contributed by atoms with Crippen LogP contribution >= 0.6 is 0 Å². The van der Waals surface area contributed by atoms with Gasteiger partial charge in [0.1, 0.15) is 5.75 Å². The Bertz CT molecular complexity index is 420. The first-order valence-corrected chi connectivity index (χ1v) is 6.91. The van der Waals surface area contributed by atoms with Crippen molar-refractivity contribution < 1.29 is 5.11 Å². The number of aromatic hydroxyl groups is 1. The summed E-state index contributed by atoms with van der Waals surface area (Å²) in [7, 11) is 0. The topological polar surface area (TPSA) is 44.3 Å². The smallest absolute Gasteiger partial charge is 0.118 e. The first-order valence-electron chi connectivity index (χ1n) is 6.91. The molecule has 3 nitrogen and oxygen atoms in total. The van der Waals surface area contributed by atoms with Gasteiger partial charge in [0.05, 0.1) is 0 Å². The summed E-state index contributed by atoms with van der Waals surface area (Å²) in [6.45, 7) is 4.62. The second-order valence-electron chi connectivity index (χ2n) is 6.11. The Hall–Kier alpha value is -1.06. The highest BCUT2D eigenvalue weighted by Crippen LogP contribution is 2.44. The third kappa shape index (κ3) is 2.25. The van der Waals surface area contributed by atoms with E-state index < -0.39 is 0 Å². The summed E-state index contributed by atoms with van der Waals surface area (Å²) in [5, 5.41) is 16.8. The van der Waals surface area contributed by atoms with E-state index in [1.54, 1.807) is 6.07 Å². The summed E-state index contributed by atoms with van der Waals surface area (Å²) in [5.41, 5.74) is 1.67. The van der Waals surface area contributed by atoms with Gasteiger partial charge in [-0.2, -0.15) is 0 Å². The molecule has 3 rings (SSSR count). The van der Waals surface area contributed by atoms with E-state index in [1.165, 1.54) is 25.9 Å². The fourth-order valence-electron chi connectivity index (χ4n) is 3.35. The Morgan fingerprint density at radius 2 is 2.11 bits per heavy atom. The fourth-order valence-corrected chi connectivity index (χ4v) is 3.35. The molecule has 1 atom stereocenters. The van der Waals surface area contributed by atoms with Gasteiger partial charge in [0.2, 0.25) is 0 Å². The number of rotatable bonds is 4. The molecule has 18 heavy (non-hydrogen) atoms. The molecule has 2 fully saturated rings. The zero-order chi connectivity index (χ0) is 12.6. The Labute approximate surface area is 109 Å². The summed E-state index contributed by atoms with van der Waals surface area (Å²) in [6, 6.07) is 8.73. The van der Waals surface area contributed by atoms with Crippen LogP contribution in [-0.2, 0) is 6.42 Å². The third-order valence-corrected chi connectivity index (χ3v) is 4.40. The predicted molar refractivity (Wildman–Crippen MR) is 72.7 cm³/mol. The van der Waals surface area contributed by atoms with Gasteiger partial charge in [0.25, 0.3) is 0 Å². The lowest BCUT2D eigenvalue weighted by atomic mass is 9.61. The molecule has 3 N–H and O–H groups in total. The van der Waals surface area contributed by atoms with Crippen molar-refractivity contribution in [3.63, 3.8) is 0 Å². The predicted octanol–water partition coefficient (Wildman–Crippen LogP) is 1.66. The lowest BCUT2D eigenvalue weighted by Crippen LogP contribution is -2.65. The molecular weight excluding hydrogens is 224 g/mol. The van der Waals surface area contributed by atoms with Crippen LogP contribution in [0.15, 0.2) is 24.3 Å². The van der Waals surface area contributed by atoms with Crippen LogP contribution in [0.25, 0.3) is 0 Å². The van der Waals surface area contributed by atoms with Gasteiger partial charge < -0.3 is 15.7 Å². The van der Waals surface area contributed by atoms with Gasteiger partial charge in [0, 0.05) is 25.2 Å². The first kappa shape index (κ1) is 12.0. The molecule has 1 saturated heterocycles. The van der Waals surface area contributed by atoms with Gasteiger partial charge in [-0.15, -0.1) is 0 Å². The highest BCUT2D eigenvalue weighted by molar-refractivity contribution is 5.32. The van der Waals surface area contributed by atoms with Crippen molar-refractivity contribution >= 4 is 0 Å². The molecule has 1 aromatic rings. The van der Waals surface area contributed by atoms with E-state index in [0.29, 0.717) is 23.2 Å². The summed E-state index contributed by atoms with van der Waals surface area (Å²) in [5.74, 6) is 0.416. The maximum Gasteiger partial charge on any atom is 0.118 e. The number of hydrogen-bond donors (Lipinski definition) is 3. The zero-order valence-corrected chi connectivity index (χ0v) is 10.9. The van der Waals surface area contributed by atoms with Crippen molar-refractivity contribution in [1.82, 2.24) is 10.6 Å². The van der Waals surface area contributed by atoms with E-state index in [-0.39, 0.29) is 0 Å². The van der Waals surface area contributed by atoms with Gasteiger partial charge >= 0.3 is 0 Å². The normalized spacial score (nSPS) is 23.4. The van der Waals surface area contributed by atoms with Crippen molar-refractivity contribution in [1.29, 1.82) is 0 Å². The molecule has 1 aliphatic heterocycles. The van der Waals surface area contributed by atoms with Crippen molar-refractivity contribution in [2.75, 3.05) is 13.1 Å². The standard InChI is InChI=1S/C15H22N2O/c1-11(6-12-4-2-3-5-14(12)18)17-13-7-15(8-13)9-16-10-15/h2-5,11,13,16-18H,6-10H2,1H3. The second kappa shape index (κ2) is 4.56. The molecular formula is C15H22N2O. The number of nitrogens with one attached hydrogen (secondary N) is 2. The minimum absolute atomic E-state index is 0.416. The maximum absolute atomic E-state index is 9.76. The summed E-state index contributed by atoms with van der Waals surface area (Å²) in [6.07, 6.45) is 3.52. The van der Waals surface area contributed by atoms with Gasteiger partial charge in [-0.05, 0) is 43.2 Å². The Morgan fingerprint density at radius 3 is 2.72 bits per heavy atom. The summed E-state index contributed by atoms with van der Waals surface area (Å²) in [4.78, 5) is 0. The molecule has 0 radical (unpaired) electrons. The third-order valence-electron chi connectivity index (χ3n) is 4.40. The average molecular weight is 246 g/mol. The van der Waals surface area contributed by atoms with Crippen LogP contribution in [-0.4, -0.2) is 30.3 Å². The minimum atomic E-state index is 0.416. The van der Waals surface area contributed by atoms with Crippen LogP contribution in [0.1, 0.15) is 25.3 Å². The molecule has 0 aromatic heterocycles. The van der Waals surface area contributed by atoms with Gasteiger partial charge in [0.15, 0.2) is 0 Å². The van der Waals surface area contributed by atoms with E-state index in [9.17, 15) is 5.11 Å². The van der Waals surface area contributed by atoms with Crippen LogP contribution in [0.5, 0.6) is 5.75 Å². The van der Waals surface area contributed by atoms with Gasteiger partial charge in [-0.25, -0.2) is 0 Å². The van der Waals surface area contributed by atoms with Crippen LogP contribution in [0, 0.1) is 5.41 Å².